The van der Waals surface area contributed by atoms with E-state index in [0.29, 0.717) is 0 Å². The molecule has 0 saturated heterocycles. The summed E-state index contributed by atoms with van der Waals surface area (Å²) in [6.45, 7) is 0. The van der Waals surface area contributed by atoms with E-state index in [9.17, 15) is 8.42 Å². The topological polar surface area (TPSA) is 74.6 Å². The van der Waals surface area contributed by atoms with Crippen molar-refractivity contribution >= 4 is 22.9 Å². The first-order valence-corrected chi connectivity index (χ1v) is 5.09. The summed E-state index contributed by atoms with van der Waals surface area (Å²) in [5, 5.41) is 0. The molecule has 2 N–H and O–H groups in total. The number of hydrogen-bond donors (Lipinski definition) is 2. The zero-order valence-corrected chi connectivity index (χ0v) is 5.06. The number of hydrogen-bond acceptors (Lipinski definition) is 3. The maximum absolute atomic E-state index is 9.37. The van der Waals surface area contributed by atoms with Crippen molar-refractivity contribution in [2.45, 2.75) is 0 Å². The maximum Gasteiger partial charge on any atom is 0.660 e. The van der Waals surface area contributed by atoms with E-state index in [1.54, 1.807) is 0 Å². The largest absolute Gasteiger partial charge is 0.660 e. The van der Waals surface area contributed by atoms with Crippen LogP contribution in [0.15, 0.2) is 0 Å². The molecule has 0 aliphatic rings. The zero-order valence-electron chi connectivity index (χ0n) is 2.83. The molecule has 6 heavy (non-hydrogen) atoms. The van der Waals surface area contributed by atoms with Crippen LogP contribution in [-0.4, -0.2) is 31.5 Å². The van der Waals surface area contributed by atoms with Crippen LogP contribution in [0.25, 0.3) is 0 Å². The summed E-state index contributed by atoms with van der Waals surface area (Å²) in [6.07, 6.45) is 0. The smallest absolute Gasteiger partial charge is 0.505 e. The predicted molar refractivity (Wildman–Crippen MR) is 20.9 cm³/mol. The summed E-state index contributed by atoms with van der Waals surface area (Å²) >= 11 is -2.22. The van der Waals surface area contributed by atoms with Gasteiger partial charge in [-0.2, -0.15) is 0 Å². The minimum atomic E-state index is -3.97. The number of rotatable bonds is 1. The summed E-state index contributed by atoms with van der Waals surface area (Å²) in [5.41, 5.74) is 0. The highest BCUT2D eigenvalue weighted by molar-refractivity contribution is 8.09. The zero-order chi connectivity index (χ0) is 5.21. The molecule has 0 fully saturated rings. The standard InChI is InChI=1S/Al.HO3S.H2O.H/c;1-4(2)3;;/h;(H,1,2,3);1H2;/q+1;;;/p-1. The Kier molecular flexibility index (Phi) is 2.04. The van der Waals surface area contributed by atoms with Crippen LogP contribution in [0, 0.1) is 0 Å². The lowest BCUT2D eigenvalue weighted by Gasteiger charge is -1.76. The third kappa shape index (κ3) is 4.40. The molecule has 6 heteroatoms. The molecule has 0 aliphatic heterocycles. The Balaban J connectivity index is 3.85. The van der Waals surface area contributed by atoms with Gasteiger partial charge in [-0.15, -0.1) is 0 Å². The molecule has 0 radical (unpaired) electrons. The molecule has 36 valence electrons. The van der Waals surface area contributed by atoms with Gasteiger partial charge in [0.05, 0.1) is 0 Å². The predicted octanol–water partition coefficient (Wildman–Crippen LogP) is -1.87. The van der Waals surface area contributed by atoms with Gasteiger partial charge >= 0.3 is 14.4 Å². The van der Waals surface area contributed by atoms with Crippen LogP contribution in [0.3, 0.4) is 0 Å². The van der Waals surface area contributed by atoms with Gasteiger partial charge < -0.3 is 8.71 Å². The lowest BCUT2D eigenvalue weighted by Crippen LogP contribution is -2.05. The van der Waals surface area contributed by atoms with Gasteiger partial charge in [0, 0.05) is 0 Å². The monoisotopic (exact) mass is 126 g/mol. The lowest BCUT2D eigenvalue weighted by molar-refractivity contribution is 0.490. The van der Waals surface area contributed by atoms with Gasteiger partial charge in [-0.05, 0) is 0 Å². The van der Waals surface area contributed by atoms with Crippen molar-refractivity contribution in [2.75, 3.05) is 0 Å². The average molecular weight is 126 g/mol. The molecule has 0 atom stereocenters. The Morgan fingerprint density at radius 3 is 1.67 bits per heavy atom. The van der Waals surface area contributed by atoms with Gasteiger partial charge in [0.25, 0.3) is 0 Å². The van der Waals surface area contributed by atoms with Crippen LogP contribution in [-0.2, 0) is 8.48 Å². The van der Waals surface area contributed by atoms with Gasteiger partial charge in [-0.25, -0.2) is 8.42 Å². The first-order valence-electron chi connectivity index (χ1n) is 1.12. The van der Waals surface area contributed by atoms with Crippen LogP contribution in [0.4, 0.5) is 0 Å². The first-order chi connectivity index (χ1) is 2.56. The molecule has 4 nitrogen and oxygen atoms in total. The Morgan fingerprint density at radius 2 is 1.67 bits per heavy atom. The summed E-state index contributed by atoms with van der Waals surface area (Å²) in [5.74, 6) is 0. The van der Waals surface area contributed by atoms with E-state index in [4.69, 9.17) is 8.71 Å². The highest BCUT2D eigenvalue weighted by atomic mass is 32.4. The molecule has 0 aromatic carbocycles. The maximum atomic E-state index is 9.37. The van der Waals surface area contributed by atoms with E-state index in [1.807, 2.05) is 0 Å². The summed E-state index contributed by atoms with van der Waals surface area (Å²) < 4.78 is 34.0. The molecular formula is H3AlO4S. The van der Waals surface area contributed by atoms with E-state index in [-0.39, 0.29) is 0 Å². The molecule has 0 amide bonds. The summed E-state index contributed by atoms with van der Waals surface area (Å²) in [7, 11) is -3.97. The second-order valence-corrected chi connectivity index (χ2v) is 5.10. The molecule has 0 spiro atoms. The van der Waals surface area contributed by atoms with Crippen molar-refractivity contribution in [3.8, 4) is 0 Å². The van der Waals surface area contributed by atoms with E-state index >= 15 is 0 Å². The second kappa shape index (κ2) is 1.91. The van der Waals surface area contributed by atoms with Gasteiger partial charge in [-0.3, -0.25) is 0 Å². The van der Waals surface area contributed by atoms with Crippen molar-refractivity contribution in [2.24, 2.45) is 0 Å². The van der Waals surface area contributed by atoms with Crippen molar-refractivity contribution in [1.29, 1.82) is 0 Å². The Morgan fingerprint density at radius 1 is 1.50 bits per heavy atom. The third-order valence-electron chi connectivity index (χ3n) is 0.163. The summed E-state index contributed by atoms with van der Waals surface area (Å²) in [6, 6.07) is 0. The van der Waals surface area contributed by atoms with Gasteiger partial charge in [0.1, 0.15) is 0 Å². The average Bonchev–Trinajstić information content (AvgIpc) is 1.35. The first kappa shape index (κ1) is 6.40. The molecule has 0 unspecified atom stereocenters. The molecule has 0 heterocycles. The quantitative estimate of drug-likeness (QED) is 0.319. The molecular weight excluding hydrogens is 123 g/mol. The highest BCUT2D eigenvalue weighted by Gasteiger charge is 2.06. The second-order valence-electron chi connectivity index (χ2n) is 0.711. The van der Waals surface area contributed by atoms with Crippen LogP contribution in [0.1, 0.15) is 0 Å². The van der Waals surface area contributed by atoms with Crippen molar-refractivity contribution in [1.82, 2.24) is 0 Å². The van der Waals surface area contributed by atoms with Gasteiger partial charge in [0.2, 0.25) is 0 Å². The minimum Gasteiger partial charge on any atom is -0.505 e. The Labute approximate surface area is 40.6 Å². The lowest BCUT2D eigenvalue weighted by atomic mass is 15.9. The SMILES string of the molecule is O=[S](=O)(O)[AlH][OH]. The van der Waals surface area contributed by atoms with Gasteiger partial charge in [0.15, 0.2) is 8.48 Å². The van der Waals surface area contributed by atoms with Crippen molar-refractivity contribution < 1.29 is 17.1 Å². The molecule has 0 aromatic heterocycles. The normalized spacial score (nSPS) is 11.0. The van der Waals surface area contributed by atoms with Crippen LogP contribution < -0.4 is 0 Å². The fourth-order valence-corrected chi connectivity index (χ4v) is 0. The van der Waals surface area contributed by atoms with Crippen LogP contribution >= 0.6 is 0 Å². The molecule has 0 saturated carbocycles. The molecule has 0 aliphatic carbocycles. The van der Waals surface area contributed by atoms with E-state index < -0.39 is 22.9 Å². The highest BCUT2D eigenvalue weighted by Crippen LogP contribution is 1.67. The minimum absolute atomic E-state index is 2.22. The third-order valence-corrected chi connectivity index (χ3v) is 1.47. The van der Waals surface area contributed by atoms with E-state index in [2.05, 4.69) is 0 Å². The fraction of sp³-hybridized carbons (Fsp3) is 0. The van der Waals surface area contributed by atoms with E-state index in [0.717, 1.165) is 0 Å². The van der Waals surface area contributed by atoms with Crippen LogP contribution in [0.5, 0.6) is 0 Å². The fourth-order valence-electron chi connectivity index (χ4n) is 0. The van der Waals surface area contributed by atoms with Gasteiger partial charge in [-0.1, -0.05) is 0 Å². The Hall–Kier alpha value is 0.402. The van der Waals surface area contributed by atoms with Crippen molar-refractivity contribution in [3.05, 3.63) is 0 Å². The molecule has 0 aromatic rings. The summed E-state index contributed by atoms with van der Waals surface area (Å²) in [4.78, 5) is 0. The van der Waals surface area contributed by atoms with Crippen LogP contribution in [0.2, 0.25) is 0 Å². The van der Waals surface area contributed by atoms with Crippen molar-refractivity contribution in [3.63, 3.8) is 0 Å². The van der Waals surface area contributed by atoms with E-state index in [1.165, 1.54) is 0 Å². The Bertz CT molecular complexity index is 110. The molecule has 0 rings (SSSR count). The molecule has 0 bridgehead atoms.